The molecule has 0 saturated carbocycles. The monoisotopic (exact) mass is 289 g/mol. The van der Waals surface area contributed by atoms with Crippen molar-refractivity contribution in [2.24, 2.45) is 0 Å². The molecule has 0 saturated heterocycles. The zero-order valence-electron chi connectivity index (χ0n) is 12.1. The molecule has 0 radical (unpaired) electrons. The normalized spacial score (nSPS) is 13.5. The van der Waals surface area contributed by atoms with Crippen LogP contribution in [-0.4, -0.2) is 38.3 Å². The SMILES string of the molecule is CCC(C)(CO)NC(=O)Nc1ccc(-n2ccnn2)cc1. The van der Waals surface area contributed by atoms with Gasteiger partial charge in [0.05, 0.1) is 30.2 Å². The maximum absolute atomic E-state index is 11.9. The molecule has 0 spiro atoms. The highest BCUT2D eigenvalue weighted by Gasteiger charge is 2.23. The summed E-state index contributed by atoms with van der Waals surface area (Å²) in [5.41, 5.74) is 0.894. The minimum atomic E-state index is -0.620. The van der Waals surface area contributed by atoms with Gasteiger partial charge in [-0.2, -0.15) is 0 Å². The number of nitrogens with zero attached hydrogens (tertiary/aromatic N) is 3. The van der Waals surface area contributed by atoms with Crippen LogP contribution >= 0.6 is 0 Å². The van der Waals surface area contributed by atoms with Crippen LogP contribution < -0.4 is 10.6 Å². The van der Waals surface area contributed by atoms with Crippen LogP contribution in [0.4, 0.5) is 10.5 Å². The number of anilines is 1. The number of hydrogen-bond acceptors (Lipinski definition) is 4. The lowest BCUT2D eigenvalue weighted by molar-refractivity contribution is 0.172. The average molecular weight is 289 g/mol. The molecule has 1 aromatic carbocycles. The smallest absolute Gasteiger partial charge is 0.319 e. The van der Waals surface area contributed by atoms with Gasteiger partial charge < -0.3 is 15.7 Å². The molecule has 1 unspecified atom stereocenters. The first-order chi connectivity index (χ1) is 10.1. The maximum atomic E-state index is 11.9. The van der Waals surface area contributed by atoms with Crippen molar-refractivity contribution < 1.29 is 9.90 Å². The van der Waals surface area contributed by atoms with Gasteiger partial charge in [-0.3, -0.25) is 0 Å². The first kappa shape index (κ1) is 15.0. The molecule has 1 atom stereocenters. The number of benzene rings is 1. The molecule has 0 bridgehead atoms. The lowest BCUT2D eigenvalue weighted by atomic mass is 10.0. The fourth-order valence-corrected chi connectivity index (χ4v) is 1.72. The minimum absolute atomic E-state index is 0.109. The Bertz CT molecular complexity index is 576. The molecule has 112 valence electrons. The summed E-state index contributed by atoms with van der Waals surface area (Å²) < 4.78 is 1.63. The zero-order chi connectivity index (χ0) is 15.3. The molecule has 21 heavy (non-hydrogen) atoms. The summed E-state index contributed by atoms with van der Waals surface area (Å²) in [6.45, 7) is 3.59. The summed E-state index contributed by atoms with van der Waals surface area (Å²) in [6, 6.07) is 6.87. The number of carbonyl (C=O) groups excluding carboxylic acids is 1. The minimum Gasteiger partial charge on any atom is -0.394 e. The Morgan fingerprint density at radius 2 is 2.10 bits per heavy atom. The second-order valence-electron chi connectivity index (χ2n) is 5.05. The number of hydrogen-bond donors (Lipinski definition) is 3. The van der Waals surface area contributed by atoms with E-state index in [-0.39, 0.29) is 12.6 Å². The van der Waals surface area contributed by atoms with Gasteiger partial charge in [-0.1, -0.05) is 12.1 Å². The molecule has 0 aliphatic carbocycles. The summed E-state index contributed by atoms with van der Waals surface area (Å²) in [7, 11) is 0. The van der Waals surface area contributed by atoms with Crippen LogP contribution in [0.25, 0.3) is 5.69 Å². The molecule has 0 fully saturated rings. The van der Waals surface area contributed by atoms with Gasteiger partial charge in [-0.25, -0.2) is 9.48 Å². The van der Waals surface area contributed by atoms with Crippen LogP contribution in [0.15, 0.2) is 36.7 Å². The molecule has 2 aromatic rings. The van der Waals surface area contributed by atoms with E-state index in [1.54, 1.807) is 36.1 Å². The number of aliphatic hydroxyl groups excluding tert-OH is 1. The molecule has 3 N–H and O–H groups in total. The molecule has 7 nitrogen and oxygen atoms in total. The van der Waals surface area contributed by atoms with Crippen molar-refractivity contribution in [3.05, 3.63) is 36.7 Å². The maximum Gasteiger partial charge on any atom is 0.319 e. The van der Waals surface area contributed by atoms with E-state index >= 15 is 0 Å². The highest BCUT2D eigenvalue weighted by atomic mass is 16.3. The third kappa shape index (κ3) is 3.79. The van der Waals surface area contributed by atoms with E-state index in [4.69, 9.17) is 0 Å². The van der Waals surface area contributed by atoms with Gasteiger partial charge in [0.25, 0.3) is 0 Å². The summed E-state index contributed by atoms with van der Waals surface area (Å²) in [4.78, 5) is 11.9. The van der Waals surface area contributed by atoms with Gasteiger partial charge in [0.2, 0.25) is 0 Å². The topological polar surface area (TPSA) is 92.1 Å². The van der Waals surface area contributed by atoms with Crippen LogP contribution in [0, 0.1) is 0 Å². The van der Waals surface area contributed by atoms with E-state index in [2.05, 4.69) is 20.9 Å². The number of amides is 2. The van der Waals surface area contributed by atoms with Crippen molar-refractivity contribution in [1.82, 2.24) is 20.3 Å². The molecule has 1 aromatic heterocycles. The number of nitrogens with one attached hydrogen (secondary N) is 2. The second-order valence-corrected chi connectivity index (χ2v) is 5.05. The highest BCUT2D eigenvalue weighted by Crippen LogP contribution is 2.13. The van der Waals surface area contributed by atoms with Crippen molar-refractivity contribution >= 4 is 11.7 Å². The van der Waals surface area contributed by atoms with Crippen LogP contribution in [0.2, 0.25) is 0 Å². The fourth-order valence-electron chi connectivity index (χ4n) is 1.72. The Balaban J connectivity index is 1.99. The van der Waals surface area contributed by atoms with Gasteiger partial charge in [-0.05, 0) is 37.6 Å². The second kappa shape index (κ2) is 6.36. The van der Waals surface area contributed by atoms with Crippen LogP contribution in [-0.2, 0) is 0 Å². The summed E-state index contributed by atoms with van der Waals surface area (Å²) in [5, 5.41) is 22.4. The summed E-state index contributed by atoms with van der Waals surface area (Å²) >= 11 is 0. The van der Waals surface area contributed by atoms with Gasteiger partial charge in [0.15, 0.2) is 0 Å². The Kier molecular flexibility index (Phi) is 4.54. The molecular weight excluding hydrogens is 270 g/mol. The molecule has 2 amide bonds. The number of carbonyl (C=O) groups is 1. The molecule has 0 aliphatic rings. The summed E-state index contributed by atoms with van der Waals surface area (Å²) in [6.07, 6.45) is 3.98. The number of aliphatic hydroxyl groups is 1. The van der Waals surface area contributed by atoms with Crippen molar-refractivity contribution in [1.29, 1.82) is 0 Å². The molecular formula is C14H19N5O2. The molecule has 0 aliphatic heterocycles. The van der Waals surface area contributed by atoms with E-state index in [0.717, 1.165) is 5.69 Å². The van der Waals surface area contributed by atoms with Crippen molar-refractivity contribution in [2.45, 2.75) is 25.8 Å². The van der Waals surface area contributed by atoms with Crippen LogP contribution in [0.3, 0.4) is 0 Å². The number of aromatic nitrogens is 3. The van der Waals surface area contributed by atoms with E-state index in [1.165, 1.54) is 0 Å². The average Bonchev–Trinajstić information content (AvgIpc) is 3.02. The first-order valence-electron chi connectivity index (χ1n) is 6.73. The first-order valence-corrected chi connectivity index (χ1v) is 6.73. The third-order valence-corrected chi connectivity index (χ3v) is 3.36. The van der Waals surface area contributed by atoms with Gasteiger partial charge in [0.1, 0.15) is 0 Å². The Morgan fingerprint density at radius 3 is 2.62 bits per heavy atom. The number of urea groups is 1. The van der Waals surface area contributed by atoms with E-state index in [1.807, 2.05) is 19.1 Å². The standard InChI is InChI=1S/C14H19N5O2/c1-3-14(2,10-20)17-13(21)16-11-4-6-12(7-5-11)19-9-8-15-18-19/h4-9,20H,3,10H2,1-2H3,(H2,16,17,21). The highest BCUT2D eigenvalue weighted by molar-refractivity contribution is 5.89. The van der Waals surface area contributed by atoms with Crippen LogP contribution in [0.5, 0.6) is 0 Å². The predicted octanol–water partition coefficient (Wildman–Crippen LogP) is 1.55. The van der Waals surface area contributed by atoms with E-state index in [9.17, 15) is 9.90 Å². The Labute approximate surface area is 123 Å². The quantitative estimate of drug-likeness (QED) is 0.778. The van der Waals surface area contributed by atoms with Crippen molar-refractivity contribution in [3.63, 3.8) is 0 Å². The van der Waals surface area contributed by atoms with Gasteiger partial charge in [0, 0.05) is 5.69 Å². The van der Waals surface area contributed by atoms with E-state index < -0.39 is 5.54 Å². The molecule has 1 heterocycles. The fraction of sp³-hybridized carbons (Fsp3) is 0.357. The Morgan fingerprint density at radius 1 is 1.38 bits per heavy atom. The van der Waals surface area contributed by atoms with Crippen molar-refractivity contribution in [2.75, 3.05) is 11.9 Å². The molecule has 7 heteroatoms. The van der Waals surface area contributed by atoms with Gasteiger partial charge >= 0.3 is 6.03 Å². The van der Waals surface area contributed by atoms with Crippen LogP contribution in [0.1, 0.15) is 20.3 Å². The summed E-state index contributed by atoms with van der Waals surface area (Å²) in [5.74, 6) is 0. The van der Waals surface area contributed by atoms with Gasteiger partial charge in [-0.15, -0.1) is 5.10 Å². The molecule has 2 rings (SSSR count). The Hall–Kier alpha value is -2.41. The largest absolute Gasteiger partial charge is 0.394 e. The third-order valence-electron chi connectivity index (χ3n) is 3.36. The van der Waals surface area contributed by atoms with E-state index in [0.29, 0.717) is 12.1 Å². The predicted molar refractivity (Wildman–Crippen MR) is 79.3 cm³/mol. The van der Waals surface area contributed by atoms with Crippen molar-refractivity contribution in [3.8, 4) is 5.69 Å². The lowest BCUT2D eigenvalue weighted by Gasteiger charge is -2.27. The number of rotatable bonds is 5. The zero-order valence-corrected chi connectivity index (χ0v) is 12.1. The lowest BCUT2D eigenvalue weighted by Crippen LogP contribution is -2.50.